The van der Waals surface area contributed by atoms with Crippen LogP contribution in [0.25, 0.3) is 0 Å². The lowest BCUT2D eigenvalue weighted by atomic mass is 10.2. The number of ether oxygens (including phenoxy) is 3. The van der Waals surface area contributed by atoms with E-state index in [-0.39, 0.29) is 6.61 Å². The van der Waals surface area contributed by atoms with Crippen molar-refractivity contribution in [1.29, 1.82) is 0 Å². The molecule has 0 aliphatic heterocycles. The first-order chi connectivity index (χ1) is 15.9. The van der Waals surface area contributed by atoms with Crippen molar-refractivity contribution in [3.8, 4) is 17.2 Å². The second kappa shape index (κ2) is 12.0. The molecule has 3 aromatic rings. The Balaban J connectivity index is 1.50. The van der Waals surface area contributed by atoms with Gasteiger partial charge in [-0.1, -0.05) is 31.9 Å². The van der Waals surface area contributed by atoms with Crippen LogP contribution < -0.4 is 19.6 Å². The predicted octanol–water partition coefficient (Wildman–Crippen LogP) is 5.73. The Kier molecular flexibility index (Phi) is 9.04. The molecule has 0 fully saturated rings. The van der Waals surface area contributed by atoms with Gasteiger partial charge in [-0.3, -0.25) is 4.79 Å². The van der Waals surface area contributed by atoms with Crippen molar-refractivity contribution in [3.63, 3.8) is 0 Å². The number of hydrogen-bond acceptors (Lipinski definition) is 6. The summed E-state index contributed by atoms with van der Waals surface area (Å²) < 4.78 is 18.5. The quantitative estimate of drug-likeness (QED) is 0.147. The predicted molar refractivity (Wildman–Crippen MR) is 135 cm³/mol. The molecule has 170 valence electrons. The maximum atomic E-state index is 12.2. The number of carbonyl (C=O) groups excluding carboxylic acids is 2. The van der Waals surface area contributed by atoms with Gasteiger partial charge in [-0.25, -0.2) is 10.2 Å². The van der Waals surface area contributed by atoms with E-state index in [9.17, 15) is 9.59 Å². The highest BCUT2D eigenvalue weighted by Gasteiger charge is 2.13. The summed E-state index contributed by atoms with van der Waals surface area (Å²) in [7, 11) is 1.51. The van der Waals surface area contributed by atoms with E-state index in [1.165, 1.54) is 13.3 Å². The van der Waals surface area contributed by atoms with Crippen molar-refractivity contribution in [1.82, 2.24) is 5.43 Å². The number of nitrogens with zero attached hydrogens (tertiary/aromatic N) is 1. The van der Waals surface area contributed by atoms with E-state index in [0.717, 1.165) is 8.95 Å². The molecule has 0 bridgehead atoms. The molecule has 0 aliphatic carbocycles. The second-order valence-electron chi connectivity index (χ2n) is 6.47. The number of benzene rings is 3. The average molecular weight is 641 g/mol. The first-order valence-corrected chi connectivity index (χ1v) is 11.8. The van der Waals surface area contributed by atoms with Crippen LogP contribution >= 0.6 is 47.8 Å². The largest absolute Gasteiger partial charge is 0.493 e. The van der Waals surface area contributed by atoms with Crippen LogP contribution in [0.4, 0.5) is 0 Å². The van der Waals surface area contributed by atoms with Crippen LogP contribution in [0.1, 0.15) is 15.9 Å². The zero-order valence-corrected chi connectivity index (χ0v) is 21.9. The van der Waals surface area contributed by atoms with E-state index >= 15 is 0 Å². The summed E-state index contributed by atoms with van der Waals surface area (Å²) in [5.74, 6) is 0.390. The van der Waals surface area contributed by atoms with Crippen LogP contribution in [-0.2, 0) is 4.79 Å². The Labute approximate surface area is 215 Å². The van der Waals surface area contributed by atoms with Crippen molar-refractivity contribution >= 4 is 65.9 Å². The molecular formula is C23H17Br3N2O5. The molecule has 0 radical (unpaired) electrons. The van der Waals surface area contributed by atoms with Gasteiger partial charge >= 0.3 is 5.97 Å². The lowest BCUT2D eigenvalue weighted by Gasteiger charge is -2.12. The van der Waals surface area contributed by atoms with E-state index in [1.54, 1.807) is 60.7 Å². The monoisotopic (exact) mass is 638 g/mol. The Morgan fingerprint density at radius 1 is 0.970 bits per heavy atom. The van der Waals surface area contributed by atoms with Crippen LogP contribution in [0, 0.1) is 0 Å². The molecule has 0 heterocycles. The number of nitrogens with one attached hydrogen (secondary N) is 1. The number of hydrogen-bond donors (Lipinski definition) is 1. The SMILES string of the molecule is COc1cc(Br)cc(Br)c1OCC(=O)N/N=C\c1ccc(OC(=O)c2ccc(Br)cc2)cc1. The Morgan fingerprint density at radius 3 is 2.33 bits per heavy atom. The summed E-state index contributed by atoms with van der Waals surface area (Å²) in [4.78, 5) is 24.2. The fourth-order valence-corrected chi connectivity index (χ4v) is 4.12. The lowest BCUT2D eigenvalue weighted by Crippen LogP contribution is -2.24. The number of methoxy groups -OCH3 is 1. The number of rotatable bonds is 8. The summed E-state index contributed by atoms with van der Waals surface area (Å²) in [6.45, 7) is -0.251. The Morgan fingerprint density at radius 2 is 1.67 bits per heavy atom. The van der Waals surface area contributed by atoms with Gasteiger partial charge in [-0.2, -0.15) is 5.10 Å². The summed E-state index contributed by atoms with van der Waals surface area (Å²) >= 11 is 10.1. The third-order valence-corrected chi connectivity index (χ3v) is 5.69. The number of hydrazone groups is 1. The van der Waals surface area contributed by atoms with E-state index in [0.29, 0.717) is 32.8 Å². The highest BCUT2D eigenvalue weighted by molar-refractivity contribution is 9.11. The second-order valence-corrected chi connectivity index (χ2v) is 9.15. The van der Waals surface area contributed by atoms with Crippen molar-refractivity contribution in [2.75, 3.05) is 13.7 Å². The third-order valence-electron chi connectivity index (χ3n) is 4.12. The molecule has 1 N–H and O–H groups in total. The molecule has 3 aromatic carbocycles. The summed E-state index contributed by atoms with van der Waals surface area (Å²) in [6.07, 6.45) is 1.47. The highest BCUT2D eigenvalue weighted by atomic mass is 79.9. The van der Waals surface area contributed by atoms with Crippen molar-refractivity contribution < 1.29 is 23.8 Å². The van der Waals surface area contributed by atoms with Gasteiger partial charge in [0.2, 0.25) is 0 Å². The molecule has 1 amide bonds. The lowest BCUT2D eigenvalue weighted by molar-refractivity contribution is -0.123. The number of carbonyl (C=O) groups is 2. The zero-order chi connectivity index (χ0) is 23.8. The van der Waals surface area contributed by atoms with E-state index in [1.807, 2.05) is 0 Å². The van der Waals surface area contributed by atoms with Crippen molar-refractivity contribution in [3.05, 3.63) is 85.2 Å². The van der Waals surface area contributed by atoms with Crippen LogP contribution in [-0.4, -0.2) is 31.8 Å². The first kappa shape index (κ1) is 24.9. The standard InChI is InChI=1S/C23H17Br3N2O5/c1-31-20-11-17(25)10-19(26)22(20)32-13-21(29)28-27-12-14-2-8-18(9-3-14)33-23(30)15-4-6-16(24)7-5-15/h2-12H,13H2,1H3,(H,28,29)/b27-12-. The minimum Gasteiger partial charge on any atom is -0.493 e. The van der Waals surface area contributed by atoms with E-state index < -0.39 is 11.9 Å². The molecule has 0 unspecified atom stereocenters. The molecule has 0 atom stereocenters. The Hall–Kier alpha value is -2.69. The van der Waals surface area contributed by atoms with Crippen LogP contribution in [0.15, 0.2) is 79.2 Å². The molecule has 0 saturated heterocycles. The zero-order valence-electron chi connectivity index (χ0n) is 17.2. The summed E-state index contributed by atoms with van der Waals surface area (Å²) in [6, 6.07) is 17.1. The molecular weight excluding hydrogens is 624 g/mol. The normalized spacial score (nSPS) is 10.7. The van der Waals surface area contributed by atoms with Gasteiger partial charge in [-0.15, -0.1) is 0 Å². The van der Waals surface area contributed by atoms with Gasteiger partial charge in [0.05, 0.1) is 23.4 Å². The number of amides is 1. The van der Waals surface area contributed by atoms with Crippen LogP contribution in [0.3, 0.4) is 0 Å². The van der Waals surface area contributed by atoms with Gasteiger partial charge in [-0.05, 0) is 82.2 Å². The minimum atomic E-state index is -0.453. The average Bonchev–Trinajstić information content (AvgIpc) is 2.79. The Bertz CT molecular complexity index is 1170. The molecule has 3 rings (SSSR count). The summed E-state index contributed by atoms with van der Waals surface area (Å²) in [5.41, 5.74) is 3.54. The molecule has 0 aliphatic rings. The molecule has 0 spiro atoms. The number of halogens is 3. The molecule has 0 aromatic heterocycles. The molecule has 7 nitrogen and oxygen atoms in total. The summed E-state index contributed by atoms with van der Waals surface area (Å²) in [5, 5.41) is 3.91. The third kappa shape index (κ3) is 7.41. The van der Waals surface area contributed by atoms with E-state index in [4.69, 9.17) is 14.2 Å². The fraction of sp³-hybridized carbons (Fsp3) is 0.0870. The van der Waals surface area contributed by atoms with Gasteiger partial charge in [0.15, 0.2) is 18.1 Å². The fourth-order valence-electron chi connectivity index (χ4n) is 2.55. The smallest absolute Gasteiger partial charge is 0.343 e. The molecule has 0 saturated carbocycles. The van der Waals surface area contributed by atoms with Crippen molar-refractivity contribution in [2.24, 2.45) is 5.10 Å². The molecule has 10 heteroatoms. The van der Waals surface area contributed by atoms with Crippen LogP contribution in [0.2, 0.25) is 0 Å². The highest BCUT2D eigenvalue weighted by Crippen LogP contribution is 2.38. The van der Waals surface area contributed by atoms with E-state index in [2.05, 4.69) is 58.3 Å². The van der Waals surface area contributed by atoms with Gasteiger partial charge in [0, 0.05) is 8.95 Å². The topological polar surface area (TPSA) is 86.2 Å². The minimum absolute atomic E-state index is 0.251. The first-order valence-electron chi connectivity index (χ1n) is 9.41. The van der Waals surface area contributed by atoms with Crippen LogP contribution in [0.5, 0.6) is 17.2 Å². The molecule has 33 heavy (non-hydrogen) atoms. The maximum absolute atomic E-state index is 12.2. The number of esters is 1. The van der Waals surface area contributed by atoms with Gasteiger partial charge in [0.25, 0.3) is 5.91 Å². The van der Waals surface area contributed by atoms with Gasteiger partial charge in [0.1, 0.15) is 5.75 Å². The van der Waals surface area contributed by atoms with Gasteiger partial charge < -0.3 is 14.2 Å². The maximum Gasteiger partial charge on any atom is 0.343 e. The van der Waals surface area contributed by atoms with Crippen molar-refractivity contribution in [2.45, 2.75) is 0 Å².